The number of nitrogens with two attached hydrogens (primary N) is 1. The lowest BCUT2D eigenvalue weighted by Crippen LogP contribution is -2.31. The smallest absolute Gasteiger partial charge is 0.265 e. The van der Waals surface area contributed by atoms with Crippen molar-refractivity contribution in [3.63, 3.8) is 0 Å². The Morgan fingerprint density at radius 3 is 2.24 bits per heavy atom. The van der Waals surface area contributed by atoms with Gasteiger partial charge in [0.05, 0.1) is 5.56 Å². The van der Waals surface area contributed by atoms with Gasteiger partial charge < -0.3 is 11.1 Å². The predicted octanol–water partition coefficient (Wildman–Crippen LogP) is 2.71. The average molecular weight is 345 g/mol. The van der Waals surface area contributed by atoms with Gasteiger partial charge in [-0.3, -0.25) is 9.59 Å². The summed E-state index contributed by atoms with van der Waals surface area (Å²) < 4.78 is 0.644. The van der Waals surface area contributed by atoms with Crippen molar-refractivity contribution in [1.82, 2.24) is 5.32 Å². The minimum atomic E-state index is -0.695. The van der Waals surface area contributed by atoms with Crippen molar-refractivity contribution in [3.8, 4) is 0 Å². The summed E-state index contributed by atoms with van der Waals surface area (Å²) in [6.45, 7) is 0. The summed E-state index contributed by atoms with van der Waals surface area (Å²) in [6.07, 6.45) is 1.54. The van der Waals surface area contributed by atoms with Gasteiger partial charge in [0.1, 0.15) is 5.70 Å². The van der Waals surface area contributed by atoms with Gasteiger partial charge in [-0.15, -0.1) is 0 Å². The van der Waals surface area contributed by atoms with Crippen molar-refractivity contribution in [2.24, 2.45) is 5.73 Å². The Labute approximate surface area is 130 Å². The molecule has 0 bridgehead atoms. The van der Waals surface area contributed by atoms with Crippen LogP contribution in [0, 0.1) is 0 Å². The number of nitrogens with one attached hydrogen (secondary N) is 1. The van der Waals surface area contributed by atoms with Crippen LogP contribution in [0.3, 0.4) is 0 Å². The molecule has 0 saturated carbocycles. The summed E-state index contributed by atoms with van der Waals surface area (Å²) in [6, 6.07) is 16.1. The van der Waals surface area contributed by atoms with Crippen molar-refractivity contribution in [1.29, 1.82) is 0 Å². The lowest BCUT2D eigenvalue weighted by Gasteiger charge is -2.08. The third kappa shape index (κ3) is 4.03. The molecule has 0 saturated heterocycles. The molecule has 2 rings (SSSR count). The maximum absolute atomic E-state index is 12.2. The second-order valence-corrected chi connectivity index (χ2v) is 5.12. The molecule has 5 heteroatoms. The van der Waals surface area contributed by atoms with Gasteiger partial charge in [0, 0.05) is 4.47 Å². The van der Waals surface area contributed by atoms with Gasteiger partial charge in [-0.1, -0.05) is 42.5 Å². The molecule has 0 radical (unpaired) electrons. The van der Waals surface area contributed by atoms with Crippen molar-refractivity contribution in [2.45, 2.75) is 0 Å². The Hall–Kier alpha value is -2.40. The van der Waals surface area contributed by atoms with Crippen LogP contribution in [-0.2, 0) is 4.79 Å². The minimum absolute atomic E-state index is 0.0435. The second kappa shape index (κ2) is 6.85. The zero-order valence-electron chi connectivity index (χ0n) is 11.0. The number of hydrogen-bond donors (Lipinski definition) is 2. The van der Waals surface area contributed by atoms with E-state index in [9.17, 15) is 9.59 Å². The fourth-order valence-corrected chi connectivity index (χ4v) is 2.18. The average Bonchev–Trinajstić information content (AvgIpc) is 2.48. The Morgan fingerprint density at radius 2 is 1.62 bits per heavy atom. The molecule has 2 aromatic rings. The highest BCUT2D eigenvalue weighted by Gasteiger charge is 2.13. The van der Waals surface area contributed by atoms with E-state index in [0.29, 0.717) is 10.0 Å². The van der Waals surface area contributed by atoms with Crippen LogP contribution in [0.15, 0.2) is 64.8 Å². The van der Waals surface area contributed by atoms with Crippen molar-refractivity contribution in [3.05, 3.63) is 75.9 Å². The Kier molecular flexibility index (Phi) is 4.90. The first-order valence-electron chi connectivity index (χ1n) is 6.20. The third-order valence-electron chi connectivity index (χ3n) is 2.74. The van der Waals surface area contributed by atoms with Crippen molar-refractivity contribution >= 4 is 33.8 Å². The van der Waals surface area contributed by atoms with E-state index in [1.807, 2.05) is 30.3 Å². The van der Waals surface area contributed by atoms with E-state index >= 15 is 0 Å². The van der Waals surface area contributed by atoms with Crippen LogP contribution in [0.25, 0.3) is 6.08 Å². The lowest BCUT2D eigenvalue weighted by atomic mass is 10.1. The fourth-order valence-electron chi connectivity index (χ4n) is 1.72. The summed E-state index contributed by atoms with van der Waals surface area (Å²) in [5.41, 5.74) is 6.56. The molecule has 21 heavy (non-hydrogen) atoms. The number of carbonyl (C=O) groups is 2. The van der Waals surface area contributed by atoms with E-state index in [1.54, 1.807) is 24.3 Å². The zero-order valence-corrected chi connectivity index (χ0v) is 12.6. The number of carbonyl (C=O) groups excluding carboxylic acids is 2. The molecule has 4 nitrogen and oxygen atoms in total. The van der Waals surface area contributed by atoms with E-state index in [1.165, 1.54) is 6.08 Å². The summed E-state index contributed by atoms with van der Waals surface area (Å²) in [5.74, 6) is -1.09. The summed E-state index contributed by atoms with van der Waals surface area (Å²) in [4.78, 5) is 23.7. The largest absolute Gasteiger partial charge is 0.364 e. The number of rotatable bonds is 4. The lowest BCUT2D eigenvalue weighted by molar-refractivity contribution is -0.114. The van der Waals surface area contributed by atoms with Crippen LogP contribution in [0.4, 0.5) is 0 Å². The van der Waals surface area contributed by atoms with Crippen LogP contribution in [0.2, 0.25) is 0 Å². The van der Waals surface area contributed by atoms with Crippen LogP contribution >= 0.6 is 15.9 Å². The van der Waals surface area contributed by atoms with E-state index in [0.717, 1.165) is 5.56 Å². The molecule has 2 amide bonds. The number of benzene rings is 2. The molecule has 106 valence electrons. The van der Waals surface area contributed by atoms with Crippen LogP contribution in [0.1, 0.15) is 15.9 Å². The highest BCUT2D eigenvalue weighted by molar-refractivity contribution is 9.10. The van der Waals surface area contributed by atoms with E-state index in [2.05, 4.69) is 21.2 Å². The van der Waals surface area contributed by atoms with E-state index < -0.39 is 11.8 Å². The van der Waals surface area contributed by atoms with Gasteiger partial charge in [0.15, 0.2) is 0 Å². The Morgan fingerprint density at radius 1 is 1.00 bits per heavy atom. The molecule has 0 unspecified atom stereocenters. The molecule has 0 aromatic heterocycles. The Bertz CT molecular complexity index is 696. The number of amides is 2. The molecule has 0 spiro atoms. The molecule has 0 aliphatic carbocycles. The summed E-state index contributed by atoms with van der Waals surface area (Å²) in [7, 11) is 0. The van der Waals surface area contributed by atoms with Crippen LogP contribution in [0.5, 0.6) is 0 Å². The first kappa shape index (κ1) is 15.0. The molecule has 3 N–H and O–H groups in total. The molecule has 0 atom stereocenters. The van der Waals surface area contributed by atoms with Crippen molar-refractivity contribution < 1.29 is 9.59 Å². The first-order valence-corrected chi connectivity index (χ1v) is 6.99. The van der Waals surface area contributed by atoms with Gasteiger partial charge in [-0.25, -0.2) is 0 Å². The first-order chi connectivity index (χ1) is 10.1. The minimum Gasteiger partial charge on any atom is -0.364 e. The van der Waals surface area contributed by atoms with Gasteiger partial charge in [-0.05, 0) is 39.7 Å². The number of hydrogen-bond acceptors (Lipinski definition) is 2. The normalized spacial score (nSPS) is 11.0. The summed E-state index contributed by atoms with van der Waals surface area (Å²) in [5, 5.41) is 2.54. The summed E-state index contributed by atoms with van der Waals surface area (Å²) >= 11 is 3.29. The molecular weight excluding hydrogens is 332 g/mol. The highest BCUT2D eigenvalue weighted by Crippen LogP contribution is 2.16. The molecule has 2 aromatic carbocycles. The maximum atomic E-state index is 12.2. The number of primary amides is 1. The molecule has 0 fully saturated rings. The zero-order chi connectivity index (χ0) is 15.2. The predicted molar refractivity (Wildman–Crippen MR) is 85.2 cm³/mol. The van der Waals surface area contributed by atoms with Gasteiger partial charge in [0.2, 0.25) is 0 Å². The van der Waals surface area contributed by atoms with Crippen LogP contribution < -0.4 is 11.1 Å². The quantitative estimate of drug-likeness (QED) is 0.837. The molecule has 0 aliphatic heterocycles. The fraction of sp³-hybridized carbons (Fsp3) is 0. The number of halogens is 1. The molecule has 0 heterocycles. The van der Waals surface area contributed by atoms with Gasteiger partial charge in [-0.2, -0.15) is 0 Å². The topological polar surface area (TPSA) is 72.2 Å². The third-order valence-corrected chi connectivity index (χ3v) is 3.43. The highest BCUT2D eigenvalue weighted by atomic mass is 79.9. The standard InChI is InChI=1S/C16H13BrN2O2/c17-13-9-5-4-8-12(13)16(21)19-14(15(18)20)10-11-6-2-1-3-7-11/h1-10H,(H2,18,20)(H,19,21)/b14-10-. The maximum Gasteiger partial charge on any atom is 0.265 e. The van der Waals surface area contributed by atoms with Crippen LogP contribution in [-0.4, -0.2) is 11.8 Å². The molecular formula is C16H13BrN2O2. The Balaban J connectivity index is 2.26. The second-order valence-electron chi connectivity index (χ2n) is 4.27. The van der Waals surface area contributed by atoms with Crippen molar-refractivity contribution in [2.75, 3.05) is 0 Å². The van der Waals surface area contributed by atoms with E-state index in [4.69, 9.17) is 5.73 Å². The van der Waals surface area contributed by atoms with E-state index in [-0.39, 0.29) is 5.70 Å². The SMILES string of the molecule is NC(=O)/C(=C/c1ccccc1)NC(=O)c1ccccc1Br. The monoisotopic (exact) mass is 344 g/mol. The van der Waals surface area contributed by atoms with Gasteiger partial charge in [0.25, 0.3) is 11.8 Å². The molecule has 0 aliphatic rings. The van der Waals surface area contributed by atoms with Gasteiger partial charge >= 0.3 is 0 Å².